The predicted octanol–water partition coefficient (Wildman–Crippen LogP) is -0.836. The fourth-order valence-electron chi connectivity index (χ4n) is 2.55. The highest BCUT2D eigenvalue weighted by Crippen LogP contribution is 2.46. The van der Waals surface area contributed by atoms with Crippen LogP contribution >= 0.6 is 0 Å². The highest BCUT2D eigenvalue weighted by molar-refractivity contribution is 5.03. The molecule has 2 rings (SSSR count). The lowest BCUT2D eigenvalue weighted by atomic mass is 9.75. The molecule has 0 saturated heterocycles. The zero-order valence-electron chi connectivity index (χ0n) is 9.08. The number of aliphatic hydroxyl groups excluding tert-OH is 2. The first-order valence-electron chi connectivity index (χ1n) is 5.42. The molecule has 0 aromatic carbocycles. The third kappa shape index (κ3) is 1.63. The van der Waals surface area contributed by atoms with E-state index in [0.717, 1.165) is 6.42 Å². The van der Waals surface area contributed by atoms with Crippen LogP contribution in [0, 0.1) is 5.41 Å². The van der Waals surface area contributed by atoms with E-state index in [-0.39, 0.29) is 19.8 Å². The Balaban J connectivity index is 2.22. The summed E-state index contributed by atoms with van der Waals surface area (Å²) in [6, 6.07) is 0. The van der Waals surface area contributed by atoms with Crippen LogP contribution in [0.5, 0.6) is 0 Å². The van der Waals surface area contributed by atoms with E-state index in [1.54, 1.807) is 0 Å². The molecule has 1 aromatic rings. The van der Waals surface area contributed by atoms with E-state index < -0.39 is 11.0 Å². The first-order valence-corrected chi connectivity index (χ1v) is 5.42. The summed E-state index contributed by atoms with van der Waals surface area (Å²) in [4.78, 5) is 3.81. The van der Waals surface area contributed by atoms with Crippen molar-refractivity contribution < 1.29 is 15.3 Å². The van der Waals surface area contributed by atoms with Gasteiger partial charge < -0.3 is 15.3 Å². The SMILES string of the molecule is OCC1(CO)CCCC1(O)Cn1cncn1. The van der Waals surface area contributed by atoms with Gasteiger partial charge in [0.15, 0.2) is 0 Å². The molecule has 1 saturated carbocycles. The summed E-state index contributed by atoms with van der Waals surface area (Å²) in [7, 11) is 0. The number of rotatable bonds is 4. The van der Waals surface area contributed by atoms with Gasteiger partial charge in [0.05, 0.1) is 25.4 Å². The molecule has 6 heteroatoms. The Bertz CT molecular complexity index is 337. The van der Waals surface area contributed by atoms with E-state index in [2.05, 4.69) is 10.1 Å². The lowest BCUT2D eigenvalue weighted by Crippen LogP contribution is -2.51. The van der Waals surface area contributed by atoms with Crippen LogP contribution in [0.1, 0.15) is 19.3 Å². The third-order valence-corrected chi connectivity index (χ3v) is 3.73. The molecule has 1 aliphatic carbocycles. The number of hydrogen-bond acceptors (Lipinski definition) is 5. The van der Waals surface area contributed by atoms with Gasteiger partial charge in [-0.3, -0.25) is 4.68 Å². The zero-order chi connectivity index (χ0) is 11.6. The molecule has 1 heterocycles. The maximum atomic E-state index is 10.6. The van der Waals surface area contributed by atoms with Crippen molar-refractivity contribution in [3.8, 4) is 0 Å². The summed E-state index contributed by atoms with van der Waals surface area (Å²) < 4.78 is 1.53. The maximum absolute atomic E-state index is 10.6. The largest absolute Gasteiger partial charge is 0.396 e. The molecule has 0 amide bonds. The molecule has 1 fully saturated rings. The number of aliphatic hydroxyl groups is 3. The average molecular weight is 227 g/mol. The molecule has 1 atom stereocenters. The van der Waals surface area contributed by atoms with Crippen LogP contribution < -0.4 is 0 Å². The fourth-order valence-corrected chi connectivity index (χ4v) is 2.55. The Morgan fingerprint density at radius 2 is 2.00 bits per heavy atom. The molecule has 0 spiro atoms. The Morgan fingerprint density at radius 3 is 2.56 bits per heavy atom. The molecule has 3 N–H and O–H groups in total. The summed E-state index contributed by atoms with van der Waals surface area (Å²) in [5.41, 5.74) is -1.93. The topological polar surface area (TPSA) is 91.4 Å². The summed E-state index contributed by atoms with van der Waals surface area (Å²) in [5, 5.41) is 33.3. The van der Waals surface area contributed by atoms with Gasteiger partial charge in [-0.2, -0.15) is 5.10 Å². The van der Waals surface area contributed by atoms with Crippen molar-refractivity contribution in [3.05, 3.63) is 12.7 Å². The van der Waals surface area contributed by atoms with Crippen molar-refractivity contribution in [2.45, 2.75) is 31.4 Å². The Kier molecular flexibility index (Phi) is 2.96. The molecular formula is C10H17N3O3. The second-order valence-electron chi connectivity index (χ2n) is 4.57. The Morgan fingerprint density at radius 1 is 1.25 bits per heavy atom. The van der Waals surface area contributed by atoms with Gasteiger partial charge in [0.1, 0.15) is 12.7 Å². The van der Waals surface area contributed by atoms with Gasteiger partial charge in [-0.15, -0.1) is 0 Å². The number of nitrogens with zero attached hydrogens (tertiary/aromatic N) is 3. The van der Waals surface area contributed by atoms with Crippen molar-refractivity contribution >= 4 is 0 Å². The van der Waals surface area contributed by atoms with E-state index >= 15 is 0 Å². The second kappa shape index (κ2) is 4.12. The molecule has 1 aliphatic rings. The zero-order valence-corrected chi connectivity index (χ0v) is 9.08. The van der Waals surface area contributed by atoms with Gasteiger partial charge in [-0.25, -0.2) is 4.98 Å². The highest BCUT2D eigenvalue weighted by Gasteiger charge is 2.53. The lowest BCUT2D eigenvalue weighted by Gasteiger charge is -2.39. The van der Waals surface area contributed by atoms with Gasteiger partial charge in [-0.05, 0) is 19.3 Å². The van der Waals surface area contributed by atoms with E-state index in [9.17, 15) is 15.3 Å². The minimum absolute atomic E-state index is 0.214. The first-order chi connectivity index (χ1) is 7.66. The standard InChI is InChI=1S/C10H17N3O3/c14-5-9(6-15)2-1-3-10(9,16)4-13-8-11-7-12-13/h7-8,14-16H,1-6H2. The van der Waals surface area contributed by atoms with Crippen LogP contribution in [0.25, 0.3) is 0 Å². The molecule has 16 heavy (non-hydrogen) atoms. The Hall–Kier alpha value is -0.980. The van der Waals surface area contributed by atoms with E-state index in [4.69, 9.17) is 0 Å². The number of aromatic nitrogens is 3. The van der Waals surface area contributed by atoms with Gasteiger partial charge in [0, 0.05) is 5.41 Å². The van der Waals surface area contributed by atoms with Crippen LogP contribution in [-0.2, 0) is 6.54 Å². The molecule has 0 aliphatic heterocycles. The Labute approximate surface area is 93.6 Å². The minimum Gasteiger partial charge on any atom is -0.396 e. The first kappa shape index (κ1) is 11.5. The van der Waals surface area contributed by atoms with Gasteiger partial charge in [0.25, 0.3) is 0 Å². The quantitative estimate of drug-likeness (QED) is 0.624. The lowest BCUT2D eigenvalue weighted by molar-refractivity contribution is -0.121. The smallest absolute Gasteiger partial charge is 0.137 e. The summed E-state index contributed by atoms with van der Waals surface area (Å²) in [5.74, 6) is 0. The van der Waals surface area contributed by atoms with Crippen molar-refractivity contribution in [1.82, 2.24) is 14.8 Å². The van der Waals surface area contributed by atoms with Crippen LogP contribution in [0.2, 0.25) is 0 Å². The van der Waals surface area contributed by atoms with Gasteiger partial charge >= 0.3 is 0 Å². The van der Waals surface area contributed by atoms with Crippen LogP contribution in [0.15, 0.2) is 12.7 Å². The van der Waals surface area contributed by atoms with E-state index in [1.165, 1.54) is 17.3 Å². The molecule has 6 nitrogen and oxygen atoms in total. The summed E-state index contributed by atoms with van der Waals surface area (Å²) >= 11 is 0. The van der Waals surface area contributed by atoms with Crippen molar-refractivity contribution in [2.75, 3.05) is 13.2 Å². The van der Waals surface area contributed by atoms with Crippen molar-refractivity contribution in [2.24, 2.45) is 5.41 Å². The maximum Gasteiger partial charge on any atom is 0.137 e. The van der Waals surface area contributed by atoms with Crippen molar-refractivity contribution in [1.29, 1.82) is 0 Å². The third-order valence-electron chi connectivity index (χ3n) is 3.73. The predicted molar refractivity (Wildman–Crippen MR) is 55.4 cm³/mol. The summed E-state index contributed by atoms with van der Waals surface area (Å²) in [6.45, 7) is -0.169. The van der Waals surface area contributed by atoms with Crippen LogP contribution in [0.3, 0.4) is 0 Å². The normalized spacial score (nSPS) is 28.4. The molecular weight excluding hydrogens is 210 g/mol. The average Bonchev–Trinajstić information content (AvgIpc) is 2.87. The van der Waals surface area contributed by atoms with E-state index in [0.29, 0.717) is 12.8 Å². The molecule has 90 valence electrons. The summed E-state index contributed by atoms with van der Waals surface area (Å²) in [6.07, 6.45) is 4.92. The molecule has 0 bridgehead atoms. The highest BCUT2D eigenvalue weighted by atomic mass is 16.3. The minimum atomic E-state index is -1.11. The van der Waals surface area contributed by atoms with Crippen LogP contribution in [-0.4, -0.2) is 48.9 Å². The second-order valence-corrected chi connectivity index (χ2v) is 4.57. The monoisotopic (exact) mass is 227 g/mol. The number of hydrogen-bond donors (Lipinski definition) is 3. The fraction of sp³-hybridized carbons (Fsp3) is 0.800. The molecule has 1 unspecified atom stereocenters. The van der Waals surface area contributed by atoms with Crippen molar-refractivity contribution in [3.63, 3.8) is 0 Å². The molecule has 0 radical (unpaired) electrons. The molecule has 1 aromatic heterocycles. The van der Waals surface area contributed by atoms with Gasteiger partial charge in [0.2, 0.25) is 0 Å². The van der Waals surface area contributed by atoms with Gasteiger partial charge in [-0.1, -0.05) is 0 Å². The van der Waals surface area contributed by atoms with Crippen LogP contribution in [0.4, 0.5) is 0 Å². The van der Waals surface area contributed by atoms with E-state index in [1.807, 2.05) is 0 Å².